The van der Waals surface area contributed by atoms with E-state index in [0.717, 1.165) is 18.9 Å². The first-order valence-electron chi connectivity index (χ1n) is 3.98. The summed E-state index contributed by atoms with van der Waals surface area (Å²) in [7, 11) is 0. The maximum atomic E-state index is 10.6. The summed E-state index contributed by atoms with van der Waals surface area (Å²) in [5.74, 6) is -2.39. The number of aliphatic carboxylic acids is 2. The molecule has 1 aliphatic rings. The van der Waals surface area contributed by atoms with Gasteiger partial charge in [-0.05, 0) is 24.8 Å². The molecule has 1 rings (SSSR count). The Labute approximate surface area is 104 Å². The molecule has 0 aromatic rings. The molecule has 0 spiro atoms. The van der Waals surface area contributed by atoms with E-state index in [9.17, 15) is 9.59 Å². The van der Waals surface area contributed by atoms with E-state index >= 15 is 0 Å². The third-order valence-electron chi connectivity index (χ3n) is 1.89. The molecular weight excluding hydrogens is 195 g/mol. The topological polar surface area (TPSA) is 74.6 Å². The predicted octanol–water partition coefficient (Wildman–Crippen LogP) is 0.544. The first kappa shape index (κ1) is 13.4. The molecule has 0 radical (unpaired) electrons. The molecule has 2 N–H and O–H groups in total. The van der Waals surface area contributed by atoms with Crippen LogP contribution in [0.5, 0.6) is 0 Å². The second-order valence-corrected chi connectivity index (χ2v) is 2.82. The molecule has 0 amide bonds. The summed E-state index contributed by atoms with van der Waals surface area (Å²) in [6, 6.07) is 0. The Morgan fingerprint density at radius 3 is 2.36 bits per heavy atom. The maximum absolute atomic E-state index is 10.6. The van der Waals surface area contributed by atoms with Crippen molar-refractivity contribution in [1.29, 1.82) is 0 Å². The normalized spacial score (nSPS) is 15.7. The molecule has 4 nitrogen and oxygen atoms in total. The quantitative estimate of drug-likeness (QED) is 0.522. The summed E-state index contributed by atoms with van der Waals surface area (Å²) < 4.78 is 0. The average Bonchev–Trinajstić information content (AvgIpc) is 2.50. The van der Waals surface area contributed by atoms with Crippen molar-refractivity contribution in [3.05, 3.63) is 23.3 Å². The van der Waals surface area contributed by atoms with Crippen LogP contribution in [0.15, 0.2) is 23.3 Å². The number of allylic oxidation sites excluding steroid dienone is 1. The van der Waals surface area contributed by atoms with Gasteiger partial charge < -0.3 is 10.2 Å². The van der Waals surface area contributed by atoms with Crippen LogP contribution >= 0.6 is 0 Å². The van der Waals surface area contributed by atoms with E-state index in [2.05, 4.69) is 0 Å². The van der Waals surface area contributed by atoms with Crippen molar-refractivity contribution >= 4 is 41.5 Å². The van der Waals surface area contributed by atoms with Gasteiger partial charge in [-0.1, -0.05) is 6.08 Å². The van der Waals surface area contributed by atoms with Gasteiger partial charge in [0.25, 0.3) is 0 Å². The Morgan fingerprint density at radius 2 is 2.00 bits per heavy atom. The van der Waals surface area contributed by atoms with Gasteiger partial charge in [-0.15, -0.1) is 0 Å². The Kier molecular flexibility index (Phi) is 5.76. The van der Waals surface area contributed by atoms with E-state index in [1.165, 1.54) is 0 Å². The van der Waals surface area contributed by atoms with E-state index in [1.807, 2.05) is 0 Å². The van der Waals surface area contributed by atoms with Crippen molar-refractivity contribution in [2.75, 3.05) is 0 Å². The molecule has 5 heteroatoms. The second kappa shape index (κ2) is 6.01. The van der Waals surface area contributed by atoms with E-state index in [-0.39, 0.29) is 35.1 Å². The average molecular weight is 206 g/mol. The van der Waals surface area contributed by atoms with Gasteiger partial charge in [0.05, 0.1) is 5.57 Å². The predicted molar refractivity (Wildman–Crippen MR) is 52.4 cm³/mol. The number of carboxylic acids is 2. The van der Waals surface area contributed by atoms with E-state index in [0.29, 0.717) is 12.0 Å². The zero-order valence-electron chi connectivity index (χ0n) is 6.99. The summed E-state index contributed by atoms with van der Waals surface area (Å²) in [5.41, 5.74) is 0.542. The molecule has 0 bridgehead atoms. The van der Waals surface area contributed by atoms with Crippen LogP contribution in [0.25, 0.3) is 0 Å². The van der Waals surface area contributed by atoms with Gasteiger partial charge in [-0.2, -0.15) is 0 Å². The van der Waals surface area contributed by atoms with Crippen LogP contribution in [0.2, 0.25) is 0 Å². The molecule has 0 fully saturated rings. The van der Waals surface area contributed by atoms with Crippen molar-refractivity contribution in [2.45, 2.75) is 19.3 Å². The molecule has 0 saturated heterocycles. The molecule has 0 unspecified atom stereocenters. The van der Waals surface area contributed by atoms with Crippen LogP contribution in [0.1, 0.15) is 19.3 Å². The summed E-state index contributed by atoms with van der Waals surface area (Å²) in [6.07, 6.45) is 4.92. The molecule has 0 atom stereocenters. The Morgan fingerprint density at radius 1 is 1.36 bits per heavy atom. The van der Waals surface area contributed by atoms with E-state index < -0.39 is 11.9 Å². The molecule has 72 valence electrons. The minimum atomic E-state index is -1.22. The Balaban J connectivity index is 0.00000169. The van der Waals surface area contributed by atoms with Crippen molar-refractivity contribution in [2.24, 2.45) is 0 Å². The van der Waals surface area contributed by atoms with Crippen LogP contribution in [-0.4, -0.2) is 51.7 Å². The summed E-state index contributed by atoms with van der Waals surface area (Å²) in [5, 5.41) is 17.1. The number of carboxylic acid groups (broad SMARTS) is 2. The summed E-state index contributed by atoms with van der Waals surface area (Å²) in [6.45, 7) is 0. The molecule has 0 aromatic carbocycles. The number of hydrogen-bond acceptors (Lipinski definition) is 2. The number of carbonyl (C=O) groups is 2. The first-order valence-corrected chi connectivity index (χ1v) is 3.98. The minimum absolute atomic E-state index is 0. The molecule has 0 heterocycles. The fourth-order valence-corrected chi connectivity index (χ4v) is 1.33. The molecule has 0 aliphatic heterocycles. The molecule has 1 aliphatic carbocycles. The van der Waals surface area contributed by atoms with Gasteiger partial charge in [-0.25, -0.2) is 9.59 Å². The van der Waals surface area contributed by atoms with Gasteiger partial charge in [0.2, 0.25) is 0 Å². The summed E-state index contributed by atoms with van der Waals surface area (Å²) >= 11 is 0. The van der Waals surface area contributed by atoms with E-state index in [4.69, 9.17) is 10.2 Å². The fraction of sp³-hybridized carbons (Fsp3) is 0.333. The first-order chi connectivity index (χ1) is 6.11. The van der Waals surface area contributed by atoms with Crippen molar-refractivity contribution in [3.63, 3.8) is 0 Å². The van der Waals surface area contributed by atoms with Crippen molar-refractivity contribution < 1.29 is 19.8 Å². The van der Waals surface area contributed by atoms with Gasteiger partial charge in [0.15, 0.2) is 0 Å². The fourth-order valence-electron chi connectivity index (χ4n) is 1.33. The Bertz CT molecular complexity index is 304. The van der Waals surface area contributed by atoms with Gasteiger partial charge in [-0.3, -0.25) is 0 Å². The molecule has 0 saturated carbocycles. The molecule has 14 heavy (non-hydrogen) atoms. The van der Waals surface area contributed by atoms with Crippen LogP contribution < -0.4 is 0 Å². The Hall–Kier alpha value is -0.580. The van der Waals surface area contributed by atoms with Crippen LogP contribution in [0.4, 0.5) is 0 Å². The zero-order chi connectivity index (χ0) is 9.84. The van der Waals surface area contributed by atoms with Crippen LogP contribution in [0, 0.1) is 0 Å². The molecular formula is C9H11NaO4. The van der Waals surface area contributed by atoms with E-state index in [1.54, 1.807) is 6.08 Å². The summed E-state index contributed by atoms with van der Waals surface area (Å²) in [4.78, 5) is 21.0. The van der Waals surface area contributed by atoms with Gasteiger partial charge >= 0.3 is 41.5 Å². The van der Waals surface area contributed by atoms with Gasteiger partial charge in [0, 0.05) is 6.08 Å². The van der Waals surface area contributed by atoms with Gasteiger partial charge in [0.1, 0.15) is 0 Å². The third kappa shape index (κ3) is 3.65. The number of rotatable bonds is 3. The van der Waals surface area contributed by atoms with Crippen molar-refractivity contribution in [1.82, 2.24) is 0 Å². The number of hydrogen-bond donors (Lipinski definition) is 2. The molecule has 0 aromatic heterocycles. The van der Waals surface area contributed by atoms with Crippen molar-refractivity contribution in [3.8, 4) is 0 Å². The SMILES string of the molecule is O=C(O)/C=C(\C(=O)O)C1=CCCC1.[NaH]. The van der Waals surface area contributed by atoms with Crippen LogP contribution in [0.3, 0.4) is 0 Å². The zero-order valence-corrected chi connectivity index (χ0v) is 6.99. The standard InChI is InChI=1S/C9H10O4.Na.H/c10-8(11)5-7(9(12)13)6-3-1-2-4-6;;/h3,5H,1-2,4H2,(H,10,11)(H,12,13);;/b7-5-;;. The monoisotopic (exact) mass is 206 g/mol. The van der Waals surface area contributed by atoms with Crippen LogP contribution in [-0.2, 0) is 9.59 Å². The second-order valence-electron chi connectivity index (χ2n) is 2.82. The third-order valence-corrected chi connectivity index (χ3v) is 1.89.